The Hall–Kier alpha value is -2.35. The molecule has 3 aliphatic rings. The van der Waals surface area contributed by atoms with E-state index in [0.717, 1.165) is 44.5 Å². The maximum Gasteiger partial charge on any atom is 0.317 e. The van der Waals surface area contributed by atoms with Crippen molar-refractivity contribution in [3.8, 4) is 0 Å². The van der Waals surface area contributed by atoms with E-state index in [9.17, 15) is 9.59 Å². The fourth-order valence-electron chi connectivity index (χ4n) is 4.51. The van der Waals surface area contributed by atoms with Gasteiger partial charge in [0.25, 0.3) is 0 Å². The number of likely N-dealkylation sites (tertiary alicyclic amines) is 1. The van der Waals surface area contributed by atoms with Gasteiger partial charge in [-0.25, -0.2) is 4.79 Å². The van der Waals surface area contributed by atoms with E-state index in [2.05, 4.69) is 15.7 Å². The molecule has 0 spiro atoms. The van der Waals surface area contributed by atoms with Crippen LogP contribution in [0.1, 0.15) is 31.4 Å². The number of piperidine rings is 1. The number of urea groups is 1. The lowest BCUT2D eigenvalue weighted by atomic mass is 9.77. The van der Waals surface area contributed by atoms with E-state index in [1.807, 2.05) is 18.0 Å². The van der Waals surface area contributed by atoms with Crippen molar-refractivity contribution in [3.05, 3.63) is 24.0 Å². The highest BCUT2D eigenvalue weighted by molar-refractivity contribution is 5.91. The van der Waals surface area contributed by atoms with Crippen LogP contribution in [0.2, 0.25) is 0 Å². The molecule has 146 valence electrons. The molecule has 3 saturated heterocycles. The van der Waals surface area contributed by atoms with Crippen LogP contribution in [0.5, 0.6) is 0 Å². The zero-order valence-electron chi connectivity index (χ0n) is 15.6. The zero-order valence-corrected chi connectivity index (χ0v) is 15.6. The summed E-state index contributed by atoms with van der Waals surface area (Å²) in [6, 6.07) is 1.87. The molecule has 0 aromatic carbocycles. The predicted octanol–water partition coefficient (Wildman–Crippen LogP) is 1.11. The van der Waals surface area contributed by atoms with Crippen molar-refractivity contribution in [2.45, 2.75) is 38.0 Å². The van der Waals surface area contributed by atoms with E-state index in [0.29, 0.717) is 18.4 Å². The van der Waals surface area contributed by atoms with Crippen LogP contribution in [0.15, 0.2) is 18.3 Å². The van der Waals surface area contributed by atoms with E-state index in [4.69, 9.17) is 4.74 Å². The Bertz CT molecular complexity index is 723. The third-order valence-corrected chi connectivity index (χ3v) is 6.02. The van der Waals surface area contributed by atoms with Gasteiger partial charge in [0.15, 0.2) is 0 Å². The molecule has 3 amide bonds. The lowest BCUT2D eigenvalue weighted by Crippen LogP contribution is -2.65. The first-order valence-corrected chi connectivity index (χ1v) is 9.75. The number of amides is 3. The molecule has 3 atom stereocenters. The zero-order chi connectivity index (χ0) is 18.8. The first kappa shape index (κ1) is 18.0. The molecule has 1 aromatic rings. The van der Waals surface area contributed by atoms with Gasteiger partial charge >= 0.3 is 6.03 Å². The molecule has 4 heterocycles. The van der Waals surface area contributed by atoms with Crippen LogP contribution in [0.25, 0.3) is 6.08 Å². The fraction of sp³-hybridized carbons (Fsp3) is 0.632. The van der Waals surface area contributed by atoms with E-state index < -0.39 is 0 Å². The number of carbonyl (C=O) groups excluding carboxylic acids is 2. The molecular weight excluding hydrogens is 346 g/mol. The smallest absolute Gasteiger partial charge is 0.317 e. The fourth-order valence-corrected chi connectivity index (χ4v) is 4.51. The van der Waals surface area contributed by atoms with Gasteiger partial charge in [-0.15, -0.1) is 0 Å². The molecular formula is C19H27N5O3. The van der Waals surface area contributed by atoms with Gasteiger partial charge in [-0.05, 0) is 43.7 Å². The Balaban J connectivity index is 1.34. The highest BCUT2D eigenvalue weighted by Crippen LogP contribution is 2.33. The van der Waals surface area contributed by atoms with Crippen molar-refractivity contribution in [2.24, 2.45) is 18.9 Å². The number of nitrogens with zero attached hydrogens (tertiary/aromatic N) is 3. The number of ether oxygens (including phenoxy) is 1. The summed E-state index contributed by atoms with van der Waals surface area (Å²) >= 11 is 0. The summed E-state index contributed by atoms with van der Waals surface area (Å²) < 4.78 is 7.49. The minimum absolute atomic E-state index is 0.0304. The highest BCUT2D eigenvalue weighted by atomic mass is 16.5. The summed E-state index contributed by atoms with van der Waals surface area (Å²) in [7, 11) is 1.85. The van der Waals surface area contributed by atoms with E-state index in [1.165, 1.54) is 0 Å². The summed E-state index contributed by atoms with van der Waals surface area (Å²) in [6.45, 7) is 2.15. The second-order valence-corrected chi connectivity index (χ2v) is 7.62. The molecule has 3 aliphatic heterocycles. The van der Waals surface area contributed by atoms with Crippen molar-refractivity contribution in [1.29, 1.82) is 0 Å². The second-order valence-electron chi connectivity index (χ2n) is 7.62. The van der Waals surface area contributed by atoms with Crippen LogP contribution >= 0.6 is 0 Å². The number of carbonyl (C=O) groups is 2. The molecule has 0 saturated carbocycles. The molecule has 4 rings (SSSR count). The standard InChI is InChI=1S/C19H27N5O3/c1-23-14(6-9-20-23)4-5-16(25)24-10-7-13(8-11-24)17-15-3-2-12-27-18(15)22-19(26)21-17/h4-6,9,13,15,17-18H,2-3,7-8,10-12H2,1H3,(H2,21,22,26)/b5-4+/t15-,17-,18-/m0/s1. The molecule has 27 heavy (non-hydrogen) atoms. The van der Waals surface area contributed by atoms with E-state index in [-0.39, 0.29) is 24.2 Å². The summed E-state index contributed by atoms with van der Waals surface area (Å²) in [5.74, 6) is 0.728. The van der Waals surface area contributed by atoms with Crippen molar-refractivity contribution < 1.29 is 14.3 Å². The van der Waals surface area contributed by atoms with Crippen LogP contribution < -0.4 is 10.6 Å². The van der Waals surface area contributed by atoms with Gasteiger partial charge in [-0.3, -0.25) is 9.48 Å². The van der Waals surface area contributed by atoms with Gasteiger partial charge in [-0.2, -0.15) is 5.10 Å². The number of hydrogen-bond acceptors (Lipinski definition) is 4. The lowest BCUT2D eigenvalue weighted by molar-refractivity contribution is -0.128. The SMILES string of the molecule is Cn1nccc1/C=C/C(=O)N1CCC([C@@H]2NC(=O)N[C@H]3OCCC[C@H]32)CC1. The van der Waals surface area contributed by atoms with E-state index >= 15 is 0 Å². The van der Waals surface area contributed by atoms with Crippen LogP contribution in [0, 0.1) is 11.8 Å². The van der Waals surface area contributed by atoms with Crippen molar-refractivity contribution >= 4 is 18.0 Å². The number of rotatable bonds is 3. The van der Waals surface area contributed by atoms with Crippen LogP contribution in [0.4, 0.5) is 4.79 Å². The van der Waals surface area contributed by atoms with Crippen molar-refractivity contribution in [2.75, 3.05) is 19.7 Å². The third kappa shape index (κ3) is 3.85. The Kier molecular flexibility index (Phi) is 5.15. The molecule has 0 radical (unpaired) electrons. The van der Waals surface area contributed by atoms with Gasteiger partial charge in [0, 0.05) is 51.0 Å². The minimum Gasteiger partial charge on any atom is -0.358 e. The Morgan fingerprint density at radius 3 is 2.85 bits per heavy atom. The Morgan fingerprint density at radius 2 is 2.11 bits per heavy atom. The Labute approximate surface area is 158 Å². The topological polar surface area (TPSA) is 88.5 Å². The monoisotopic (exact) mass is 373 g/mol. The van der Waals surface area contributed by atoms with Gasteiger partial charge in [0.1, 0.15) is 6.23 Å². The second kappa shape index (κ2) is 7.72. The molecule has 0 bridgehead atoms. The summed E-state index contributed by atoms with van der Waals surface area (Å²) in [6.07, 6.45) is 8.87. The summed E-state index contributed by atoms with van der Waals surface area (Å²) in [5, 5.41) is 10.1. The quantitative estimate of drug-likeness (QED) is 0.777. The van der Waals surface area contributed by atoms with Crippen LogP contribution in [-0.4, -0.2) is 58.6 Å². The molecule has 1 aromatic heterocycles. The average molecular weight is 373 g/mol. The highest BCUT2D eigenvalue weighted by Gasteiger charge is 2.43. The first-order valence-electron chi connectivity index (χ1n) is 9.75. The van der Waals surface area contributed by atoms with Crippen LogP contribution in [-0.2, 0) is 16.6 Å². The maximum atomic E-state index is 12.5. The number of aryl methyl sites for hydroxylation is 1. The van der Waals surface area contributed by atoms with Crippen molar-refractivity contribution in [3.63, 3.8) is 0 Å². The van der Waals surface area contributed by atoms with Gasteiger partial charge in [-0.1, -0.05) is 0 Å². The predicted molar refractivity (Wildman–Crippen MR) is 99.5 cm³/mol. The number of hydrogen-bond donors (Lipinski definition) is 2. The lowest BCUT2D eigenvalue weighted by Gasteiger charge is -2.46. The maximum absolute atomic E-state index is 12.5. The molecule has 0 aliphatic carbocycles. The van der Waals surface area contributed by atoms with E-state index in [1.54, 1.807) is 23.0 Å². The molecule has 8 nitrogen and oxygen atoms in total. The van der Waals surface area contributed by atoms with Crippen LogP contribution in [0.3, 0.4) is 0 Å². The minimum atomic E-state index is -0.168. The average Bonchev–Trinajstić information content (AvgIpc) is 3.10. The third-order valence-electron chi connectivity index (χ3n) is 6.02. The van der Waals surface area contributed by atoms with Gasteiger partial charge in [0.05, 0.1) is 5.69 Å². The van der Waals surface area contributed by atoms with Gasteiger partial charge < -0.3 is 20.3 Å². The normalized spacial score (nSPS) is 29.3. The Morgan fingerprint density at radius 1 is 1.30 bits per heavy atom. The largest absolute Gasteiger partial charge is 0.358 e. The number of fused-ring (bicyclic) bond motifs is 1. The van der Waals surface area contributed by atoms with Gasteiger partial charge in [0.2, 0.25) is 5.91 Å². The number of aromatic nitrogens is 2. The first-order chi connectivity index (χ1) is 13.1. The molecule has 8 heteroatoms. The molecule has 0 unspecified atom stereocenters. The van der Waals surface area contributed by atoms with Crippen molar-refractivity contribution in [1.82, 2.24) is 25.3 Å². The number of nitrogens with one attached hydrogen (secondary N) is 2. The molecule has 3 fully saturated rings. The summed E-state index contributed by atoms with van der Waals surface area (Å²) in [5.41, 5.74) is 0.902. The molecule has 2 N–H and O–H groups in total. The summed E-state index contributed by atoms with van der Waals surface area (Å²) in [4.78, 5) is 26.4.